The Morgan fingerprint density at radius 3 is 2.27 bits per heavy atom. The fourth-order valence-electron chi connectivity index (χ4n) is 4.78. The normalized spacial score (nSPS) is 18.4. The van der Waals surface area contributed by atoms with Crippen LogP contribution in [0.3, 0.4) is 0 Å². The van der Waals surface area contributed by atoms with E-state index in [1.54, 1.807) is 14.2 Å². The zero-order valence-corrected chi connectivity index (χ0v) is 20.8. The van der Waals surface area contributed by atoms with Gasteiger partial charge in [-0.05, 0) is 62.7 Å². The van der Waals surface area contributed by atoms with Crippen LogP contribution in [0.5, 0.6) is 17.2 Å². The van der Waals surface area contributed by atoms with E-state index >= 15 is 0 Å². The van der Waals surface area contributed by atoms with Gasteiger partial charge in [-0.25, -0.2) is 0 Å². The first-order chi connectivity index (χ1) is 16.1. The summed E-state index contributed by atoms with van der Waals surface area (Å²) in [6, 6.07) is 12.7. The number of anilines is 1. The van der Waals surface area contributed by atoms with Crippen LogP contribution in [0.25, 0.3) is 0 Å². The number of ether oxygens (including phenoxy) is 3. The lowest BCUT2D eigenvalue weighted by Gasteiger charge is -2.39. The van der Waals surface area contributed by atoms with E-state index in [0.717, 1.165) is 50.0 Å². The van der Waals surface area contributed by atoms with Crippen molar-refractivity contribution in [3.05, 3.63) is 47.0 Å². The van der Waals surface area contributed by atoms with Crippen LogP contribution < -0.4 is 19.1 Å². The molecule has 2 heterocycles. The molecule has 1 atom stereocenters. The van der Waals surface area contributed by atoms with Crippen molar-refractivity contribution in [3.63, 3.8) is 0 Å². The molecule has 2 aromatic rings. The van der Waals surface area contributed by atoms with E-state index in [1.807, 2.05) is 12.1 Å². The fourth-order valence-corrected chi connectivity index (χ4v) is 4.95. The van der Waals surface area contributed by atoms with Crippen molar-refractivity contribution in [1.82, 2.24) is 9.80 Å². The van der Waals surface area contributed by atoms with E-state index in [1.165, 1.54) is 37.2 Å². The third kappa shape index (κ3) is 5.86. The van der Waals surface area contributed by atoms with Gasteiger partial charge in [0.2, 0.25) is 0 Å². The lowest BCUT2D eigenvalue weighted by atomic mass is 10.0. The molecule has 2 fully saturated rings. The molecule has 6 nitrogen and oxygen atoms in total. The molecule has 0 spiro atoms. The van der Waals surface area contributed by atoms with Crippen LogP contribution in [0.15, 0.2) is 36.4 Å². The van der Waals surface area contributed by atoms with Gasteiger partial charge >= 0.3 is 0 Å². The largest absolute Gasteiger partial charge is 0.493 e. The smallest absolute Gasteiger partial charge is 0.161 e. The summed E-state index contributed by atoms with van der Waals surface area (Å²) in [7, 11) is 3.35. The number of methoxy groups -OCH3 is 2. The van der Waals surface area contributed by atoms with Crippen LogP contribution in [0, 0.1) is 0 Å². The fraction of sp³-hybridized carbons (Fsp3) is 0.538. The molecule has 0 aromatic heterocycles. The Hall–Kier alpha value is -2.15. The Morgan fingerprint density at radius 2 is 1.58 bits per heavy atom. The summed E-state index contributed by atoms with van der Waals surface area (Å²) in [6.07, 6.45) is 2.60. The number of benzene rings is 2. The average Bonchev–Trinajstić information content (AvgIpc) is 3.38. The predicted molar refractivity (Wildman–Crippen MR) is 134 cm³/mol. The summed E-state index contributed by atoms with van der Waals surface area (Å²) in [4.78, 5) is 7.39. The van der Waals surface area contributed by atoms with Gasteiger partial charge in [-0.2, -0.15) is 0 Å². The Balaban J connectivity index is 1.33. The van der Waals surface area contributed by atoms with Crippen molar-refractivity contribution in [2.45, 2.75) is 25.8 Å². The van der Waals surface area contributed by atoms with Crippen LogP contribution in [0.2, 0.25) is 5.02 Å². The molecule has 180 valence electrons. The van der Waals surface area contributed by atoms with Crippen LogP contribution in [0.1, 0.15) is 31.4 Å². The second kappa shape index (κ2) is 11.3. The number of likely N-dealkylation sites (tertiary alicyclic amines) is 1. The summed E-state index contributed by atoms with van der Waals surface area (Å²) < 4.78 is 16.9. The lowest BCUT2D eigenvalue weighted by Crippen LogP contribution is -2.47. The number of halogens is 1. The molecule has 0 radical (unpaired) electrons. The molecule has 0 amide bonds. The van der Waals surface area contributed by atoms with Gasteiger partial charge in [0.1, 0.15) is 12.4 Å². The second-order valence-electron chi connectivity index (χ2n) is 8.83. The van der Waals surface area contributed by atoms with Crippen molar-refractivity contribution >= 4 is 17.3 Å². The number of hydrogen-bond acceptors (Lipinski definition) is 6. The Bertz CT molecular complexity index is 912. The van der Waals surface area contributed by atoms with E-state index < -0.39 is 0 Å². The lowest BCUT2D eigenvalue weighted by molar-refractivity contribution is 0.198. The molecular formula is C26H36ClN3O3. The standard InChI is InChI=1S/C26H36ClN3O3/c1-20(21-6-9-24(31-2)26(18-21)32-3)29-12-14-30(15-13-29)22-7-8-23(27)25(19-22)33-17-16-28-10-4-5-11-28/h6-9,18-20H,4-5,10-17H2,1-3H3. The summed E-state index contributed by atoms with van der Waals surface area (Å²) >= 11 is 6.42. The second-order valence-corrected chi connectivity index (χ2v) is 9.23. The van der Waals surface area contributed by atoms with Gasteiger partial charge in [-0.15, -0.1) is 0 Å². The van der Waals surface area contributed by atoms with Crippen molar-refractivity contribution in [3.8, 4) is 17.2 Å². The molecule has 2 aliphatic heterocycles. The first kappa shape index (κ1) is 24.0. The average molecular weight is 474 g/mol. The van der Waals surface area contributed by atoms with Gasteiger partial charge in [0.25, 0.3) is 0 Å². The van der Waals surface area contributed by atoms with Gasteiger partial charge in [0, 0.05) is 50.5 Å². The zero-order valence-electron chi connectivity index (χ0n) is 20.1. The molecular weight excluding hydrogens is 438 g/mol. The minimum Gasteiger partial charge on any atom is -0.493 e. The maximum Gasteiger partial charge on any atom is 0.161 e. The topological polar surface area (TPSA) is 37.4 Å². The Kier molecular flexibility index (Phi) is 8.23. The monoisotopic (exact) mass is 473 g/mol. The highest BCUT2D eigenvalue weighted by molar-refractivity contribution is 6.32. The third-order valence-corrected chi connectivity index (χ3v) is 7.21. The predicted octanol–water partition coefficient (Wildman–Crippen LogP) is 4.72. The minimum absolute atomic E-state index is 0.307. The molecule has 0 saturated carbocycles. The quantitative estimate of drug-likeness (QED) is 0.524. The molecule has 2 aliphatic rings. The summed E-state index contributed by atoms with van der Waals surface area (Å²) in [5.41, 5.74) is 2.41. The molecule has 4 rings (SSSR count). The van der Waals surface area contributed by atoms with E-state index in [2.05, 4.69) is 45.9 Å². The molecule has 2 saturated heterocycles. The van der Waals surface area contributed by atoms with Crippen LogP contribution in [0.4, 0.5) is 5.69 Å². The van der Waals surface area contributed by atoms with E-state index in [-0.39, 0.29) is 0 Å². The maximum atomic E-state index is 6.42. The number of piperazine rings is 1. The highest BCUT2D eigenvalue weighted by atomic mass is 35.5. The van der Waals surface area contributed by atoms with Gasteiger partial charge < -0.3 is 19.1 Å². The highest BCUT2D eigenvalue weighted by Gasteiger charge is 2.23. The Labute approximate surface area is 203 Å². The van der Waals surface area contributed by atoms with Gasteiger partial charge in [0.05, 0.1) is 19.2 Å². The first-order valence-corrected chi connectivity index (χ1v) is 12.3. The third-order valence-electron chi connectivity index (χ3n) is 6.90. The Morgan fingerprint density at radius 1 is 0.848 bits per heavy atom. The van der Waals surface area contributed by atoms with E-state index in [4.69, 9.17) is 25.8 Å². The van der Waals surface area contributed by atoms with Crippen molar-refractivity contribution in [1.29, 1.82) is 0 Å². The van der Waals surface area contributed by atoms with Crippen LogP contribution in [-0.2, 0) is 0 Å². The minimum atomic E-state index is 0.307. The van der Waals surface area contributed by atoms with Gasteiger partial charge in [0.15, 0.2) is 11.5 Å². The van der Waals surface area contributed by atoms with Gasteiger partial charge in [-0.1, -0.05) is 17.7 Å². The molecule has 2 aromatic carbocycles. The van der Waals surface area contributed by atoms with Crippen molar-refractivity contribution in [2.24, 2.45) is 0 Å². The molecule has 0 N–H and O–H groups in total. The molecule has 0 aliphatic carbocycles. The van der Waals surface area contributed by atoms with Crippen molar-refractivity contribution in [2.75, 3.05) is 71.5 Å². The SMILES string of the molecule is COc1ccc(C(C)N2CCN(c3ccc(Cl)c(OCCN4CCCC4)c3)CC2)cc1OC. The molecule has 7 heteroatoms. The summed E-state index contributed by atoms with van der Waals surface area (Å²) in [5.74, 6) is 2.33. The summed E-state index contributed by atoms with van der Waals surface area (Å²) in [6.45, 7) is 10.2. The van der Waals surface area contributed by atoms with E-state index in [9.17, 15) is 0 Å². The van der Waals surface area contributed by atoms with Crippen LogP contribution in [-0.4, -0.2) is 76.4 Å². The molecule has 1 unspecified atom stereocenters. The van der Waals surface area contributed by atoms with Crippen molar-refractivity contribution < 1.29 is 14.2 Å². The van der Waals surface area contributed by atoms with E-state index in [0.29, 0.717) is 17.7 Å². The maximum absolute atomic E-state index is 6.42. The zero-order chi connectivity index (χ0) is 23.2. The highest BCUT2D eigenvalue weighted by Crippen LogP contribution is 2.34. The molecule has 33 heavy (non-hydrogen) atoms. The number of rotatable bonds is 9. The molecule has 0 bridgehead atoms. The summed E-state index contributed by atoms with van der Waals surface area (Å²) in [5, 5.41) is 0.681. The first-order valence-electron chi connectivity index (χ1n) is 11.9. The number of hydrogen-bond donors (Lipinski definition) is 0. The number of nitrogens with zero attached hydrogens (tertiary/aromatic N) is 3. The van der Waals surface area contributed by atoms with Crippen LogP contribution >= 0.6 is 11.6 Å². The van der Waals surface area contributed by atoms with Gasteiger partial charge in [-0.3, -0.25) is 9.80 Å².